The van der Waals surface area contributed by atoms with E-state index >= 15 is 0 Å². The SMILES string of the molecule is CN(c1n[nH]c(=S)n1C1CCCCC1)C1CCCCC1. The van der Waals surface area contributed by atoms with Gasteiger partial charge in [0.25, 0.3) is 0 Å². The minimum absolute atomic E-state index is 0.552. The van der Waals surface area contributed by atoms with Gasteiger partial charge in [-0.05, 0) is 37.9 Å². The summed E-state index contributed by atoms with van der Waals surface area (Å²) < 4.78 is 3.10. The highest BCUT2D eigenvalue weighted by Crippen LogP contribution is 2.33. The maximum Gasteiger partial charge on any atom is 0.225 e. The van der Waals surface area contributed by atoms with E-state index in [1.165, 1.54) is 64.2 Å². The third kappa shape index (κ3) is 2.78. The van der Waals surface area contributed by atoms with Crippen LogP contribution in [0.2, 0.25) is 0 Å². The molecule has 20 heavy (non-hydrogen) atoms. The van der Waals surface area contributed by atoms with Crippen LogP contribution in [-0.2, 0) is 0 Å². The third-order valence-electron chi connectivity index (χ3n) is 5.06. The zero-order valence-electron chi connectivity index (χ0n) is 12.5. The third-order valence-corrected chi connectivity index (χ3v) is 5.35. The van der Waals surface area contributed by atoms with Crippen molar-refractivity contribution in [3.63, 3.8) is 0 Å². The molecule has 2 fully saturated rings. The zero-order chi connectivity index (χ0) is 13.9. The van der Waals surface area contributed by atoms with Gasteiger partial charge in [-0.15, -0.1) is 5.10 Å². The number of hydrogen-bond acceptors (Lipinski definition) is 3. The number of aromatic amines is 1. The molecule has 0 atom stereocenters. The summed E-state index contributed by atoms with van der Waals surface area (Å²) in [7, 11) is 2.19. The Hall–Kier alpha value is -0.840. The topological polar surface area (TPSA) is 36.9 Å². The molecule has 112 valence electrons. The minimum Gasteiger partial charge on any atom is -0.341 e. The maximum absolute atomic E-state index is 5.49. The van der Waals surface area contributed by atoms with Crippen molar-refractivity contribution in [3.8, 4) is 0 Å². The lowest BCUT2D eigenvalue weighted by Crippen LogP contribution is -2.36. The van der Waals surface area contributed by atoms with Crippen LogP contribution < -0.4 is 4.90 Å². The zero-order valence-corrected chi connectivity index (χ0v) is 13.3. The average molecular weight is 294 g/mol. The quantitative estimate of drug-likeness (QED) is 0.848. The predicted octanol–water partition coefficient (Wildman–Crippen LogP) is 4.21. The molecule has 3 rings (SSSR count). The summed E-state index contributed by atoms with van der Waals surface area (Å²) in [5, 5.41) is 7.57. The van der Waals surface area contributed by atoms with E-state index in [0.717, 1.165) is 10.7 Å². The molecule has 2 saturated carbocycles. The summed E-state index contributed by atoms with van der Waals surface area (Å²) in [6.07, 6.45) is 13.2. The molecular weight excluding hydrogens is 268 g/mol. The lowest BCUT2D eigenvalue weighted by Gasteiger charge is -2.33. The molecule has 0 amide bonds. The van der Waals surface area contributed by atoms with Crippen molar-refractivity contribution in [2.75, 3.05) is 11.9 Å². The largest absolute Gasteiger partial charge is 0.341 e. The van der Waals surface area contributed by atoms with Gasteiger partial charge in [-0.1, -0.05) is 38.5 Å². The van der Waals surface area contributed by atoms with Crippen molar-refractivity contribution in [3.05, 3.63) is 4.77 Å². The number of nitrogens with zero attached hydrogens (tertiary/aromatic N) is 3. The van der Waals surface area contributed by atoms with E-state index in [1.807, 2.05) is 0 Å². The fourth-order valence-corrected chi connectivity index (χ4v) is 4.12. The molecule has 0 spiro atoms. The van der Waals surface area contributed by atoms with E-state index in [0.29, 0.717) is 12.1 Å². The maximum atomic E-state index is 5.49. The Bertz CT molecular complexity index is 480. The first kappa shape index (κ1) is 14.1. The Morgan fingerprint density at radius 1 is 1.05 bits per heavy atom. The highest BCUT2D eigenvalue weighted by Gasteiger charge is 2.25. The lowest BCUT2D eigenvalue weighted by molar-refractivity contribution is 0.345. The van der Waals surface area contributed by atoms with Gasteiger partial charge in [0.1, 0.15) is 0 Å². The molecule has 1 heterocycles. The van der Waals surface area contributed by atoms with Crippen molar-refractivity contribution in [1.82, 2.24) is 14.8 Å². The smallest absolute Gasteiger partial charge is 0.225 e. The summed E-state index contributed by atoms with van der Waals surface area (Å²) in [5.74, 6) is 1.06. The van der Waals surface area contributed by atoms with Crippen molar-refractivity contribution in [1.29, 1.82) is 0 Å². The second-order valence-corrected chi connectivity index (χ2v) is 6.78. The van der Waals surface area contributed by atoms with E-state index in [2.05, 4.69) is 26.7 Å². The van der Waals surface area contributed by atoms with E-state index in [9.17, 15) is 0 Å². The molecule has 1 N–H and O–H groups in total. The summed E-state index contributed by atoms with van der Waals surface area (Å²) in [4.78, 5) is 2.38. The number of rotatable bonds is 3. The highest BCUT2D eigenvalue weighted by molar-refractivity contribution is 7.71. The van der Waals surface area contributed by atoms with Crippen LogP contribution in [0.1, 0.15) is 70.3 Å². The Balaban J connectivity index is 1.83. The van der Waals surface area contributed by atoms with Gasteiger partial charge in [0.05, 0.1) is 0 Å². The lowest BCUT2D eigenvalue weighted by atomic mass is 9.94. The molecule has 2 aliphatic carbocycles. The standard InChI is InChI=1S/C15H26N4S/c1-18(12-8-4-2-5-9-12)14-16-17-15(20)19(14)13-10-6-3-7-11-13/h12-13H,2-11H2,1H3,(H,17,20). The molecule has 0 aliphatic heterocycles. The molecule has 1 aromatic heterocycles. The first-order valence-electron chi connectivity index (χ1n) is 8.17. The first-order valence-corrected chi connectivity index (χ1v) is 8.58. The van der Waals surface area contributed by atoms with Crippen LogP contribution in [0.3, 0.4) is 0 Å². The van der Waals surface area contributed by atoms with Crippen molar-refractivity contribution in [2.24, 2.45) is 0 Å². The minimum atomic E-state index is 0.552. The van der Waals surface area contributed by atoms with Crippen LogP contribution in [-0.4, -0.2) is 27.9 Å². The fraction of sp³-hybridized carbons (Fsp3) is 0.867. The fourth-order valence-electron chi connectivity index (χ4n) is 3.85. The molecular formula is C15H26N4S. The Morgan fingerprint density at radius 3 is 2.30 bits per heavy atom. The summed E-state index contributed by atoms with van der Waals surface area (Å²) in [5.41, 5.74) is 0. The highest BCUT2D eigenvalue weighted by atomic mass is 32.1. The van der Waals surface area contributed by atoms with Gasteiger partial charge in [0.2, 0.25) is 5.95 Å². The van der Waals surface area contributed by atoms with E-state index in [4.69, 9.17) is 12.2 Å². The van der Waals surface area contributed by atoms with Crippen LogP contribution >= 0.6 is 12.2 Å². The number of nitrogens with one attached hydrogen (secondary N) is 1. The Morgan fingerprint density at radius 2 is 1.65 bits per heavy atom. The van der Waals surface area contributed by atoms with Gasteiger partial charge in [-0.25, -0.2) is 5.10 Å². The van der Waals surface area contributed by atoms with Crippen LogP contribution in [0.25, 0.3) is 0 Å². The van der Waals surface area contributed by atoms with E-state index in [1.54, 1.807) is 0 Å². The average Bonchev–Trinajstić information content (AvgIpc) is 2.90. The number of H-pyrrole nitrogens is 1. The van der Waals surface area contributed by atoms with Crippen molar-refractivity contribution in [2.45, 2.75) is 76.3 Å². The summed E-state index contributed by atoms with van der Waals surface area (Å²) >= 11 is 5.49. The molecule has 1 aromatic rings. The monoisotopic (exact) mass is 294 g/mol. The molecule has 0 saturated heterocycles. The molecule has 0 unspecified atom stereocenters. The van der Waals surface area contributed by atoms with Gasteiger partial charge < -0.3 is 4.90 Å². The Labute approximate surface area is 126 Å². The van der Waals surface area contributed by atoms with Gasteiger partial charge in [-0.3, -0.25) is 4.57 Å². The van der Waals surface area contributed by atoms with Crippen LogP contribution in [0.4, 0.5) is 5.95 Å². The molecule has 5 heteroatoms. The first-order chi connectivity index (χ1) is 9.77. The van der Waals surface area contributed by atoms with Crippen LogP contribution in [0.5, 0.6) is 0 Å². The molecule has 0 bridgehead atoms. The second kappa shape index (κ2) is 6.29. The predicted molar refractivity (Wildman–Crippen MR) is 84.8 cm³/mol. The van der Waals surface area contributed by atoms with Crippen LogP contribution in [0, 0.1) is 4.77 Å². The molecule has 0 aromatic carbocycles. The molecule has 2 aliphatic rings. The normalized spacial score (nSPS) is 22.1. The number of aromatic nitrogens is 3. The van der Waals surface area contributed by atoms with Gasteiger partial charge in [-0.2, -0.15) is 0 Å². The number of hydrogen-bond donors (Lipinski definition) is 1. The van der Waals surface area contributed by atoms with Gasteiger partial charge in [0, 0.05) is 19.1 Å². The Kier molecular flexibility index (Phi) is 4.44. The summed E-state index contributed by atoms with van der Waals surface area (Å²) in [6.45, 7) is 0. The van der Waals surface area contributed by atoms with Gasteiger partial charge >= 0.3 is 0 Å². The molecule has 0 radical (unpaired) electrons. The van der Waals surface area contributed by atoms with Crippen LogP contribution in [0.15, 0.2) is 0 Å². The summed E-state index contributed by atoms with van der Waals surface area (Å²) in [6, 6.07) is 1.19. The van der Waals surface area contributed by atoms with Crippen molar-refractivity contribution >= 4 is 18.2 Å². The van der Waals surface area contributed by atoms with E-state index < -0.39 is 0 Å². The van der Waals surface area contributed by atoms with E-state index in [-0.39, 0.29) is 0 Å². The van der Waals surface area contributed by atoms with Gasteiger partial charge in [0.15, 0.2) is 4.77 Å². The van der Waals surface area contributed by atoms with Crippen molar-refractivity contribution < 1.29 is 0 Å². The number of anilines is 1. The molecule has 4 nitrogen and oxygen atoms in total. The second-order valence-electron chi connectivity index (χ2n) is 6.39.